The number of benzene rings is 2. The van der Waals surface area contributed by atoms with Gasteiger partial charge in [0.25, 0.3) is 0 Å². The van der Waals surface area contributed by atoms with E-state index < -0.39 is 0 Å². The Bertz CT molecular complexity index is 2020. The lowest BCUT2D eigenvalue weighted by molar-refractivity contribution is 1.16. The molecule has 0 amide bonds. The van der Waals surface area contributed by atoms with Gasteiger partial charge in [-0.1, -0.05) is 35.4 Å². The zero-order chi connectivity index (χ0) is 29.1. The number of rotatable bonds is 2. The Labute approximate surface area is 245 Å². The van der Waals surface area contributed by atoms with Gasteiger partial charge in [0.2, 0.25) is 0 Å². The highest BCUT2D eigenvalue weighted by Gasteiger charge is 2.19. The van der Waals surface area contributed by atoms with E-state index in [0.29, 0.717) is 11.6 Å². The lowest BCUT2D eigenvalue weighted by Crippen LogP contribution is -1.96. The fourth-order valence-corrected chi connectivity index (χ4v) is 6.49. The normalized spacial score (nSPS) is 12.3. The van der Waals surface area contributed by atoms with Crippen LogP contribution in [0.2, 0.25) is 0 Å². The van der Waals surface area contributed by atoms with Gasteiger partial charge in [-0.25, -0.2) is 19.9 Å². The van der Waals surface area contributed by atoms with E-state index in [1.54, 1.807) is 0 Å². The van der Waals surface area contributed by atoms with Gasteiger partial charge in [0.1, 0.15) is 11.3 Å². The van der Waals surface area contributed by atoms with Crippen LogP contribution in [0.15, 0.2) is 48.5 Å². The Hall–Kier alpha value is -5.10. The number of aryl methyl sites for hydroxylation is 6. The van der Waals surface area contributed by atoms with Gasteiger partial charge in [-0.2, -0.15) is 0 Å². The molecular weight excluding hydrogens is 516 g/mol. The molecule has 0 fully saturated rings. The largest absolute Gasteiger partial charge is 0.340 e. The summed E-state index contributed by atoms with van der Waals surface area (Å²) in [7, 11) is 0. The van der Waals surface area contributed by atoms with Crippen molar-refractivity contribution >= 4 is 46.6 Å². The summed E-state index contributed by atoms with van der Waals surface area (Å²) in [6.45, 7) is 12.9. The topological polar surface area (TPSA) is 83.1 Å². The minimum atomic E-state index is 0.647. The van der Waals surface area contributed by atoms with Crippen molar-refractivity contribution in [3.05, 3.63) is 105 Å². The summed E-state index contributed by atoms with van der Waals surface area (Å²) in [5.41, 5.74) is 16.8. The third kappa shape index (κ3) is 4.45. The Morgan fingerprint density at radius 1 is 0.429 bits per heavy atom. The molecule has 42 heavy (non-hydrogen) atoms. The van der Waals surface area contributed by atoms with Crippen LogP contribution in [0, 0.1) is 41.5 Å². The van der Waals surface area contributed by atoms with Crippen molar-refractivity contribution in [2.75, 3.05) is 0 Å². The fraction of sp³-hybridized carbons (Fsp3) is 0.167. The van der Waals surface area contributed by atoms with E-state index in [1.165, 1.54) is 38.9 Å². The highest BCUT2D eigenvalue weighted by molar-refractivity contribution is 5.96. The summed E-state index contributed by atoms with van der Waals surface area (Å²) in [4.78, 5) is 26.9. The first-order chi connectivity index (χ1) is 20.2. The molecule has 5 heterocycles. The first-order valence-electron chi connectivity index (χ1n) is 14.2. The molecule has 0 radical (unpaired) electrons. The van der Waals surface area contributed by atoms with Crippen molar-refractivity contribution in [3.63, 3.8) is 0 Å². The van der Waals surface area contributed by atoms with Gasteiger partial charge in [0.15, 0.2) is 11.6 Å². The molecule has 0 saturated carbocycles. The summed E-state index contributed by atoms with van der Waals surface area (Å²) in [6, 6.07) is 17.1. The fourth-order valence-electron chi connectivity index (χ4n) is 6.49. The van der Waals surface area contributed by atoms with Gasteiger partial charge in [-0.3, -0.25) is 0 Å². The molecule has 0 aliphatic carbocycles. The lowest BCUT2D eigenvalue weighted by Gasteiger charge is -2.13. The third-order valence-corrected chi connectivity index (χ3v) is 7.97. The van der Waals surface area contributed by atoms with Crippen LogP contribution in [-0.2, 0) is 0 Å². The Morgan fingerprint density at radius 3 is 1.26 bits per heavy atom. The molecule has 0 spiro atoms. The van der Waals surface area contributed by atoms with Gasteiger partial charge in [0, 0.05) is 22.2 Å². The van der Waals surface area contributed by atoms with Gasteiger partial charge in [-0.05, 0) is 123 Å². The predicted molar refractivity (Wildman–Crippen MR) is 174 cm³/mol. The number of nitrogens with one attached hydrogen (secondary N) is 2. The molecule has 7 rings (SSSR count). The van der Waals surface area contributed by atoms with Crippen LogP contribution < -0.4 is 0 Å². The number of fused-ring (bicyclic) bond motifs is 8. The molecule has 0 unspecified atom stereocenters. The van der Waals surface area contributed by atoms with E-state index in [2.05, 4.69) is 87.9 Å². The van der Waals surface area contributed by atoms with E-state index in [-0.39, 0.29) is 0 Å². The predicted octanol–water partition coefficient (Wildman–Crippen LogP) is 8.63. The molecule has 3 aromatic heterocycles. The minimum absolute atomic E-state index is 0.647. The second-order valence-electron chi connectivity index (χ2n) is 11.4. The number of nitrogens with zero attached hydrogens (tertiary/aromatic N) is 4. The minimum Gasteiger partial charge on any atom is -0.340 e. The summed E-state index contributed by atoms with van der Waals surface area (Å²) in [6.07, 6.45) is 8.01. The summed E-state index contributed by atoms with van der Waals surface area (Å²) in [5, 5.41) is 0. The third-order valence-electron chi connectivity index (χ3n) is 7.97. The molecule has 0 saturated heterocycles. The Morgan fingerprint density at radius 2 is 0.833 bits per heavy atom. The van der Waals surface area contributed by atoms with Crippen molar-refractivity contribution in [2.45, 2.75) is 41.5 Å². The maximum Gasteiger partial charge on any atom is 0.155 e. The first-order valence-corrected chi connectivity index (χ1v) is 14.2. The number of hydrogen-bond acceptors (Lipinski definition) is 4. The zero-order valence-corrected chi connectivity index (χ0v) is 24.7. The van der Waals surface area contributed by atoms with Crippen LogP contribution in [-0.4, -0.2) is 29.9 Å². The molecule has 2 aliphatic rings. The standard InChI is InChI=1S/C36H32N6/c1-19-15-21(3)33(22(4)16-19)35-25-7-11-29(37-25)41-31-13-9-27(39-31)36(34-23(5)17-20(2)18-24(34)6)28-10-14-32(40-28)42-30-12-8-26(35)38-30/h7-18H,1-6H3,(H,37,39,41)(H,38,40,42). The molecule has 8 bridgehead atoms. The first kappa shape index (κ1) is 25.8. The quantitative estimate of drug-likeness (QED) is 0.226. The SMILES string of the molecule is Cc1cc(C)c(-c2c3nc(nc4ccc([nH]4)c(-c4c(C)cc(C)cc4C)c4ccc(nc5nc2C=C5)[nH]4)C=C3)c(C)c1. The van der Waals surface area contributed by atoms with E-state index in [1.807, 2.05) is 36.4 Å². The number of aromatic nitrogens is 6. The lowest BCUT2D eigenvalue weighted by atomic mass is 9.92. The molecule has 6 heteroatoms. The van der Waals surface area contributed by atoms with Gasteiger partial charge < -0.3 is 9.97 Å². The average molecular weight is 549 g/mol. The van der Waals surface area contributed by atoms with Crippen LogP contribution in [0.1, 0.15) is 56.4 Å². The molecule has 2 aliphatic heterocycles. The van der Waals surface area contributed by atoms with Crippen LogP contribution in [0.5, 0.6) is 0 Å². The number of hydrogen-bond donors (Lipinski definition) is 2. The second kappa shape index (κ2) is 9.77. The highest BCUT2D eigenvalue weighted by atomic mass is 15.0. The molecule has 5 aromatic rings. The summed E-state index contributed by atoms with van der Waals surface area (Å²) in [5.74, 6) is 1.29. The molecule has 2 N–H and O–H groups in total. The molecular formula is C36H32N6. The zero-order valence-electron chi connectivity index (χ0n) is 24.7. The van der Waals surface area contributed by atoms with Crippen molar-refractivity contribution in [2.24, 2.45) is 0 Å². The number of H-pyrrole nitrogens is 2. The molecule has 2 aromatic carbocycles. The maximum atomic E-state index is 4.99. The van der Waals surface area contributed by atoms with E-state index >= 15 is 0 Å². The average Bonchev–Trinajstić information content (AvgIpc) is 3.73. The van der Waals surface area contributed by atoms with Crippen molar-refractivity contribution in [1.29, 1.82) is 0 Å². The highest BCUT2D eigenvalue weighted by Crippen LogP contribution is 2.36. The van der Waals surface area contributed by atoms with Crippen molar-refractivity contribution in [3.8, 4) is 22.3 Å². The van der Waals surface area contributed by atoms with Crippen LogP contribution in [0.4, 0.5) is 0 Å². The van der Waals surface area contributed by atoms with E-state index in [9.17, 15) is 0 Å². The molecule has 6 nitrogen and oxygen atoms in total. The van der Waals surface area contributed by atoms with Gasteiger partial charge in [0.05, 0.1) is 11.4 Å². The Balaban J connectivity index is 1.59. The van der Waals surface area contributed by atoms with Crippen LogP contribution in [0.25, 0.3) is 68.9 Å². The van der Waals surface area contributed by atoms with Crippen molar-refractivity contribution in [1.82, 2.24) is 29.9 Å². The van der Waals surface area contributed by atoms with E-state index in [4.69, 9.17) is 19.9 Å². The van der Waals surface area contributed by atoms with Crippen molar-refractivity contribution < 1.29 is 0 Å². The molecule has 206 valence electrons. The monoisotopic (exact) mass is 548 g/mol. The molecule has 0 atom stereocenters. The summed E-state index contributed by atoms with van der Waals surface area (Å²) < 4.78 is 0. The van der Waals surface area contributed by atoms with Crippen LogP contribution >= 0.6 is 0 Å². The Kier molecular flexibility index (Phi) is 6.01. The number of aromatic amines is 2. The summed E-state index contributed by atoms with van der Waals surface area (Å²) >= 11 is 0. The van der Waals surface area contributed by atoms with Gasteiger partial charge in [-0.15, -0.1) is 0 Å². The second-order valence-corrected chi connectivity index (χ2v) is 11.4. The van der Waals surface area contributed by atoms with E-state index in [0.717, 1.165) is 50.4 Å². The van der Waals surface area contributed by atoms with Gasteiger partial charge >= 0.3 is 0 Å². The smallest absolute Gasteiger partial charge is 0.155 e. The maximum absolute atomic E-state index is 4.99. The van der Waals surface area contributed by atoms with Crippen LogP contribution in [0.3, 0.4) is 0 Å².